The van der Waals surface area contributed by atoms with E-state index in [9.17, 15) is 38.8 Å². The van der Waals surface area contributed by atoms with Crippen molar-refractivity contribution in [1.82, 2.24) is 0 Å². The Hall–Kier alpha value is -3.24. The summed E-state index contributed by atoms with van der Waals surface area (Å²) in [5.74, 6) is -1.19. The van der Waals surface area contributed by atoms with Crippen LogP contribution in [0.4, 0.5) is 17.1 Å². The first-order chi connectivity index (χ1) is 17.1. The third kappa shape index (κ3) is 7.88. The number of nitrogen functional groups attached to an aromatic ring is 3. The lowest BCUT2D eigenvalue weighted by atomic mass is 10.1. The minimum atomic E-state index is -4.71. The molecule has 10 N–H and O–H groups in total. The highest BCUT2D eigenvalue weighted by molar-refractivity contribution is 7.91. The zero-order chi connectivity index (χ0) is 29.3. The van der Waals surface area contributed by atoms with E-state index in [1.165, 1.54) is 24.3 Å². The Morgan fingerprint density at radius 3 is 1.84 bits per heavy atom. The minimum absolute atomic E-state index is 0.0311. The predicted octanol–water partition coefficient (Wildman–Crippen LogP) is 0.0651. The first-order valence-corrected chi connectivity index (χ1v) is 15.5. The molecule has 0 aliphatic rings. The van der Waals surface area contributed by atoms with Gasteiger partial charge in [0.2, 0.25) is 0 Å². The average molecular weight is 616 g/mol. The van der Waals surface area contributed by atoms with E-state index in [0.717, 1.165) is 18.2 Å². The van der Waals surface area contributed by atoms with Crippen LogP contribution < -0.4 is 17.2 Å². The van der Waals surface area contributed by atoms with E-state index in [-0.39, 0.29) is 27.0 Å². The van der Waals surface area contributed by atoms with Gasteiger partial charge in [0.05, 0.1) is 33.5 Å². The van der Waals surface area contributed by atoms with Gasteiger partial charge in [-0.1, -0.05) is 6.07 Å². The molecule has 0 aromatic heterocycles. The van der Waals surface area contributed by atoms with Crippen LogP contribution in [0.15, 0.2) is 57.2 Å². The molecular formula is C18H21N3O13S4. The number of benzene rings is 3. The molecule has 3 aromatic carbocycles. The lowest BCUT2D eigenvalue weighted by molar-refractivity contribution is 0.284. The Morgan fingerprint density at radius 2 is 1.34 bits per heavy atom. The fourth-order valence-electron chi connectivity index (χ4n) is 2.95. The molecule has 16 nitrogen and oxygen atoms in total. The second-order valence-corrected chi connectivity index (χ2v) is 13.3. The number of hydrogen-bond acceptors (Lipinski definition) is 13. The maximum atomic E-state index is 11.7. The summed E-state index contributed by atoms with van der Waals surface area (Å²) >= 11 is 0. The Morgan fingerprint density at radius 1 is 0.737 bits per heavy atom. The third-order valence-electron chi connectivity index (χ3n) is 4.61. The summed E-state index contributed by atoms with van der Waals surface area (Å²) < 4.78 is 119. The Balaban J connectivity index is 0.000000273. The van der Waals surface area contributed by atoms with Crippen molar-refractivity contribution in [2.45, 2.75) is 14.7 Å². The van der Waals surface area contributed by atoms with Gasteiger partial charge < -0.3 is 22.3 Å². The van der Waals surface area contributed by atoms with Gasteiger partial charge in [-0.05, 0) is 35.7 Å². The zero-order valence-corrected chi connectivity index (χ0v) is 22.0. The Bertz CT molecular complexity index is 1820. The molecule has 0 saturated carbocycles. The van der Waals surface area contributed by atoms with E-state index in [2.05, 4.69) is 4.18 Å². The summed E-state index contributed by atoms with van der Waals surface area (Å²) in [6.45, 7) is -0.657. The molecular weight excluding hydrogens is 594 g/mol. The predicted molar refractivity (Wildman–Crippen MR) is 134 cm³/mol. The molecule has 0 spiro atoms. The number of aromatic hydroxyl groups is 1. The molecule has 0 saturated heterocycles. The van der Waals surface area contributed by atoms with Crippen LogP contribution in [0, 0.1) is 0 Å². The molecule has 20 heteroatoms. The van der Waals surface area contributed by atoms with E-state index in [4.69, 9.17) is 30.9 Å². The van der Waals surface area contributed by atoms with Crippen LogP contribution in [0.5, 0.6) is 5.75 Å². The van der Waals surface area contributed by atoms with Crippen molar-refractivity contribution in [3.8, 4) is 5.75 Å². The third-order valence-corrected chi connectivity index (χ3v) is 8.48. The highest BCUT2D eigenvalue weighted by Crippen LogP contribution is 2.39. The van der Waals surface area contributed by atoms with Crippen molar-refractivity contribution in [3.63, 3.8) is 0 Å². The normalized spacial score (nSPS) is 12.6. The monoisotopic (exact) mass is 615 g/mol. The van der Waals surface area contributed by atoms with Crippen LogP contribution in [-0.2, 0) is 44.7 Å². The number of anilines is 3. The topological polar surface area (TPSA) is 305 Å². The van der Waals surface area contributed by atoms with Crippen molar-refractivity contribution < 1.29 is 56.6 Å². The first-order valence-electron chi connectivity index (χ1n) is 9.63. The molecule has 3 aromatic rings. The number of rotatable bonds is 7. The van der Waals surface area contributed by atoms with E-state index in [0.29, 0.717) is 0 Å². The summed E-state index contributed by atoms with van der Waals surface area (Å²) in [5, 5.41) is 9.55. The maximum absolute atomic E-state index is 11.7. The molecule has 0 amide bonds. The maximum Gasteiger partial charge on any atom is 0.397 e. The summed E-state index contributed by atoms with van der Waals surface area (Å²) in [7, 11) is -17.7. The van der Waals surface area contributed by atoms with Crippen LogP contribution in [-0.4, -0.2) is 64.8 Å². The number of fused-ring (bicyclic) bond motifs is 1. The lowest BCUT2D eigenvalue weighted by Gasteiger charge is -2.12. The number of sulfone groups is 1. The molecule has 0 radical (unpaired) electrons. The molecule has 0 bridgehead atoms. The summed E-state index contributed by atoms with van der Waals surface area (Å²) in [6, 6.07) is 8.03. The van der Waals surface area contributed by atoms with Crippen molar-refractivity contribution in [2.24, 2.45) is 0 Å². The Kier molecular flexibility index (Phi) is 8.85. The fraction of sp³-hybridized carbons (Fsp3) is 0.111. The van der Waals surface area contributed by atoms with Crippen molar-refractivity contribution in [2.75, 3.05) is 29.6 Å². The summed E-state index contributed by atoms with van der Waals surface area (Å²) in [4.78, 5) is -1.44. The molecule has 0 atom stereocenters. The molecule has 0 fully saturated rings. The van der Waals surface area contributed by atoms with Gasteiger partial charge in [0, 0.05) is 17.1 Å². The zero-order valence-electron chi connectivity index (χ0n) is 18.8. The average Bonchev–Trinajstić information content (AvgIpc) is 2.73. The van der Waals surface area contributed by atoms with Crippen molar-refractivity contribution in [1.29, 1.82) is 0 Å². The molecule has 210 valence electrons. The first kappa shape index (κ1) is 31.0. The van der Waals surface area contributed by atoms with Crippen LogP contribution in [0.1, 0.15) is 0 Å². The van der Waals surface area contributed by atoms with Crippen molar-refractivity contribution >= 4 is 68.3 Å². The number of nitrogens with two attached hydrogens (primary N) is 3. The van der Waals surface area contributed by atoms with Gasteiger partial charge in [0.1, 0.15) is 10.6 Å². The Labute approximate surface area is 217 Å². The molecule has 0 aliphatic carbocycles. The van der Waals surface area contributed by atoms with Gasteiger partial charge in [0.25, 0.3) is 20.2 Å². The van der Waals surface area contributed by atoms with Gasteiger partial charge in [0.15, 0.2) is 9.84 Å². The van der Waals surface area contributed by atoms with E-state index in [1.807, 2.05) is 0 Å². The standard InChI is InChI=1S/C10H10N2O7S2.C8H11NO6S2/c11-9-7(21(17,18)19)2-4-1-5(20(14,15)16)3-6(13)8(4)10(9)12;9-7-2-1-3-8(6-7)16(10,11)5-4-15-17(12,13)14/h1-3,13H,11-12H2,(H,14,15,16)(H,17,18,19);1-3,6H,4-5,9H2,(H,12,13,14). The van der Waals surface area contributed by atoms with Gasteiger partial charge in [-0.3, -0.25) is 13.7 Å². The second-order valence-electron chi connectivity index (χ2n) is 7.33. The summed E-state index contributed by atoms with van der Waals surface area (Å²) in [6.07, 6.45) is 0. The van der Waals surface area contributed by atoms with Gasteiger partial charge >= 0.3 is 10.4 Å². The fourth-order valence-corrected chi connectivity index (χ4v) is 5.69. The number of phenols is 1. The van der Waals surface area contributed by atoms with Crippen LogP contribution in [0.25, 0.3) is 10.8 Å². The molecule has 0 unspecified atom stereocenters. The van der Waals surface area contributed by atoms with E-state index in [1.54, 1.807) is 0 Å². The largest absolute Gasteiger partial charge is 0.507 e. The highest BCUT2D eigenvalue weighted by Gasteiger charge is 2.22. The quantitative estimate of drug-likeness (QED) is 0.136. The minimum Gasteiger partial charge on any atom is -0.507 e. The van der Waals surface area contributed by atoms with Crippen LogP contribution >= 0.6 is 0 Å². The van der Waals surface area contributed by atoms with Gasteiger partial charge in [-0.2, -0.15) is 25.3 Å². The second kappa shape index (κ2) is 10.9. The highest BCUT2D eigenvalue weighted by atomic mass is 32.3. The van der Waals surface area contributed by atoms with E-state index >= 15 is 0 Å². The van der Waals surface area contributed by atoms with Gasteiger partial charge in [-0.25, -0.2) is 12.6 Å². The number of phenolic OH excluding ortho intramolecular Hbond substituents is 1. The molecule has 0 heterocycles. The van der Waals surface area contributed by atoms with Crippen molar-refractivity contribution in [3.05, 3.63) is 42.5 Å². The molecule has 3 rings (SSSR count). The van der Waals surface area contributed by atoms with Gasteiger partial charge in [-0.15, -0.1) is 0 Å². The van der Waals surface area contributed by atoms with Crippen LogP contribution in [0.3, 0.4) is 0 Å². The van der Waals surface area contributed by atoms with Crippen LogP contribution in [0.2, 0.25) is 0 Å². The van der Waals surface area contributed by atoms with E-state index < -0.39 is 74.1 Å². The molecule has 38 heavy (non-hydrogen) atoms. The molecule has 0 aliphatic heterocycles. The smallest absolute Gasteiger partial charge is 0.397 e. The number of hydrogen-bond donors (Lipinski definition) is 7. The SMILES string of the molecule is Nc1c(S(=O)(=O)O)cc2cc(S(=O)(=O)O)cc(O)c2c1N.Nc1cccc(S(=O)(=O)CCOS(=O)(=O)O)c1. The lowest BCUT2D eigenvalue weighted by Crippen LogP contribution is -2.15. The summed E-state index contributed by atoms with van der Waals surface area (Å²) in [5.41, 5.74) is 16.0.